The molecule has 0 bridgehead atoms. The van der Waals surface area contributed by atoms with Gasteiger partial charge in [-0.15, -0.1) is 0 Å². The first-order valence-corrected chi connectivity index (χ1v) is 7.70. The van der Waals surface area contributed by atoms with Gasteiger partial charge in [-0.05, 0) is 42.5 Å². The topological polar surface area (TPSA) is 21.3 Å². The first-order chi connectivity index (χ1) is 9.29. The standard InChI is InChI=1S/C18H31NO/c1-8-14(3)16(19-7)12-20-17-11-13(2)9-10-15(17)18(4,5)6/h9-11,14,16,19H,8,12H2,1-7H3. The monoisotopic (exact) mass is 277 g/mol. The molecule has 114 valence electrons. The molecule has 0 aliphatic carbocycles. The van der Waals surface area contributed by atoms with Crippen molar-refractivity contribution in [3.05, 3.63) is 29.3 Å². The summed E-state index contributed by atoms with van der Waals surface area (Å²) in [5.41, 5.74) is 2.63. The molecule has 2 heteroatoms. The Kier molecular flexibility index (Phi) is 6.07. The van der Waals surface area contributed by atoms with E-state index in [1.165, 1.54) is 11.1 Å². The van der Waals surface area contributed by atoms with E-state index in [-0.39, 0.29) is 5.41 Å². The third-order valence-electron chi connectivity index (χ3n) is 4.07. The molecular formula is C18H31NO. The van der Waals surface area contributed by atoms with Gasteiger partial charge in [0.25, 0.3) is 0 Å². The Morgan fingerprint density at radius 3 is 2.40 bits per heavy atom. The normalized spacial score (nSPS) is 14.9. The Labute approximate surface area is 124 Å². The van der Waals surface area contributed by atoms with Gasteiger partial charge in [-0.25, -0.2) is 0 Å². The molecule has 0 aliphatic rings. The summed E-state index contributed by atoms with van der Waals surface area (Å²) < 4.78 is 6.16. The van der Waals surface area contributed by atoms with Crippen LogP contribution >= 0.6 is 0 Å². The van der Waals surface area contributed by atoms with Crippen molar-refractivity contribution in [3.8, 4) is 5.75 Å². The highest BCUT2D eigenvalue weighted by molar-refractivity contribution is 5.41. The summed E-state index contributed by atoms with van der Waals surface area (Å²) >= 11 is 0. The highest BCUT2D eigenvalue weighted by Gasteiger charge is 2.20. The number of benzene rings is 1. The predicted octanol–water partition coefficient (Wildman–Crippen LogP) is 4.31. The second-order valence-corrected chi connectivity index (χ2v) is 6.84. The zero-order valence-corrected chi connectivity index (χ0v) is 14.2. The maximum absolute atomic E-state index is 6.16. The molecule has 0 fully saturated rings. The van der Waals surface area contributed by atoms with Crippen molar-refractivity contribution >= 4 is 0 Å². The summed E-state index contributed by atoms with van der Waals surface area (Å²) in [6.45, 7) is 14.0. The zero-order chi connectivity index (χ0) is 15.3. The van der Waals surface area contributed by atoms with E-state index in [1.54, 1.807) is 0 Å². The van der Waals surface area contributed by atoms with Crippen molar-refractivity contribution in [3.63, 3.8) is 0 Å². The lowest BCUT2D eigenvalue weighted by molar-refractivity contribution is 0.224. The van der Waals surface area contributed by atoms with Gasteiger partial charge in [0.2, 0.25) is 0 Å². The first-order valence-electron chi connectivity index (χ1n) is 7.70. The average molecular weight is 277 g/mol. The van der Waals surface area contributed by atoms with E-state index in [1.807, 2.05) is 7.05 Å². The van der Waals surface area contributed by atoms with Gasteiger partial charge in [0.15, 0.2) is 0 Å². The van der Waals surface area contributed by atoms with E-state index in [2.05, 4.69) is 65.1 Å². The summed E-state index contributed by atoms with van der Waals surface area (Å²) in [4.78, 5) is 0. The fourth-order valence-corrected chi connectivity index (χ4v) is 2.36. The second-order valence-electron chi connectivity index (χ2n) is 6.84. The van der Waals surface area contributed by atoms with E-state index in [0.29, 0.717) is 12.0 Å². The van der Waals surface area contributed by atoms with Gasteiger partial charge >= 0.3 is 0 Å². The van der Waals surface area contributed by atoms with Crippen molar-refractivity contribution < 1.29 is 4.74 Å². The molecule has 2 unspecified atom stereocenters. The minimum Gasteiger partial charge on any atom is -0.492 e. The van der Waals surface area contributed by atoms with Crippen LogP contribution in [-0.2, 0) is 5.41 Å². The zero-order valence-electron chi connectivity index (χ0n) is 14.2. The molecule has 0 aliphatic heterocycles. The third kappa shape index (κ3) is 4.52. The Hall–Kier alpha value is -1.02. The number of nitrogens with one attached hydrogen (secondary N) is 1. The highest BCUT2D eigenvalue weighted by atomic mass is 16.5. The number of hydrogen-bond donors (Lipinski definition) is 1. The lowest BCUT2D eigenvalue weighted by atomic mass is 9.86. The summed E-state index contributed by atoms with van der Waals surface area (Å²) in [5.74, 6) is 1.64. The minimum atomic E-state index is 0.106. The van der Waals surface area contributed by atoms with E-state index in [0.717, 1.165) is 18.8 Å². The Bertz CT molecular complexity index is 420. The van der Waals surface area contributed by atoms with Gasteiger partial charge < -0.3 is 10.1 Å². The molecule has 0 radical (unpaired) electrons. The summed E-state index contributed by atoms with van der Waals surface area (Å²) in [6.07, 6.45) is 1.16. The van der Waals surface area contributed by atoms with Crippen molar-refractivity contribution in [2.24, 2.45) is 5.92 Å². The maximum atomic E-state index is 6.16. The van der Waals surface area contributed by atoms with Crippen LogP contribution in [0.25, 0.3) is 0 Å². The third-order valence-corrected chi connectivity index (χ3v) is 4.07. The Morgan fingerprint density at radius 1 is 1.25 bits per heavy atom. The summed E-state index contributed by atoms with van der Waals surface area (Å²) in [6, 6.07) is 6.91. The van der Waals surface area contributed by atoms with Crippen LogP contribution in [0.4, 0.5) is 0 Å². The smallest absolute Gasteiger partial charge is 0.123 e. The van der Waals surface area contributed by atoms with Gasteiger partial charge in [-0.2, -0.15) is 0 Å². The highest BCUT2D eigenvalue weighted by Crippen LogP contribution is 2.32. The molecule has 0 saturated carbocycles. The molecule has 1 aromatic rings. The lowest BCUT2D eigenvalue weighted by Crippen LogP contribution is -2.37. The van der Waals surface area contributed by atoms with Crippen LogP contribution in [0.5, 0.6) is 5.75 Å². The van der Waals surface area contributed by atoms with Crippen molar-refractivity contribution in [1.82, 2.24) is 5.32 Å². The summed E-state index contributed by atoms with van der Waals surface area (Å²) in [5, 5.41) is 3.37. The lowest BCUT2D eigenvalue weighted by Gasteiger charge is -2.26. The first kappa shape index (κ1) is 17.0. The van der Waals surface area contributed by atoms with Crippen molar-refractivity contribution in [1.29, 1.82) is 0 Å². The maximum Gasteiger partial charge on any atom is 0.123 e. The van der Waals surface area contributed by atoms with Crippen LogP contribution in [0.2, 0.25) is 0 Å². The van der Waals surface area contributed by atoms with Gasteiger partial charge in [0, 0.05) is 6.04 Å². The van der Waals surface area contributed by atoms with Crippen molar-refractivity contribution in [2.75, 3.05) is 13.7 Å². The predicted molar refractivity (Wildman–Crippen MR) is 87.7 cm³/mol. The molecule has 0 amide bonds. The molecule has 0 spiro atoms. The minimum absolute atomic E-state index is 0.106. The second kappa shape index (κ2) is 7.12. The molecule has 0 heterocycles. The van der Waals surface area contributed by atoms with E-state index < -0.39 is 0 Å². The molecule has 20 heavy (non-hydrogen) atoms. The fraction of sp³-hybridized carbons (Fsp3) is 0.667. The van der Waals surface area contributed by atoms with Crippen molar-refractivity contribution in [2.45, 2.75) is 59.4 Å². The Balaban J connectivity index is 2.88. The van der Waals surface area contributed by atoms with E-state index in [4.69, 9.17) is 4.74 Å². The van der Waals surface area contributed by atoms with Crippen LogP contribution in [0.3, 0.4) is 0 Å². The molecule has 0 saturated heterocycles. The van der Waals surface area contributed by atoms with E-state index >= 15 is 0 Å². The van der Waals surface area contributed by atoms with E-state index in [9.17, 15) is 0 Å². The van der Waals surface area contributed by atoms with Gasteiger partial charge in [-0.3, -0.25) is 0 Å². The number of ether oxygens (including phenoxy) is 1. The molecule has 2 atom stereocenters. The molecule has 0 aromatic heterocycles. The summed E-state index contributed by atoms with van der Waals surface area (Å²) in [7, 11) is 2.01. The molecule has 2 nitrogen and oxygen atoms in total. The number of aryl methyl sites for hydroxylation is 1. The quantitative estimate of drug-likeness (QED) is 0.837. The SMILES string of the molecule is CCC(C)C(COc1cc(C)ccc1C(C)(C)C)NC. The Morgan fingerprint density at radius 2 is 1.90 bits per heavy atom. The molecular weight excluding hydrogens is 246 g/mol. The number of hydrogen-bond acceptors (Lipinski definition) is 2. The number of rotatable bonds is 6. The molecule has 1 rings (SSSR count). The largest absolute Gasteiger partial charge is 0.492 e. The number of likely N-dealkylation sites (N-methyl/N-ethyl adjacent to an activating group) is 1. The van der Waals surface area contributed by atoms with Gasteiger partial charge in [0.05, 0.1) is 0 Å². The van der Waals surface area contributed by atoms with Crippen LogP contribution < -0.4 is 10.1 Å². The van der Waals surface area contributed by atoms with Crippen LogP contribution in [0, 0.1) is 12.8 Å². The molecule has 1 aromatic carbocycles. The molecule has 1 N–H and O–H groups in total. The fourth-order valence-electron chi connectivity index (χ4n) is 2.36. The van der Waals surface area contributed by atoms with Gasteiger partial charge in [-0.1, -0.05) is 53.2 Å². The van der Waals surface area contributed by atoms with Crippen LogP contribution in [0.15, 0.2) is 18.2 Å². The van der Waals surface area contributed by atoms with Crippen LogP contribution in [0.1, 0.15) is 52.2 Å². The average Bonchev–Trinajstić information content (AvgIpc) is 2.37. The van der Waals surface area contributed by atoms with Crippen LogP contribution in [-0.4, -0.2) is 19.7 Å². The van der Waals surface area contributed by atoms with Gasteiger partial charge in [0.1, 0.15) is 12.4 Å².